The van der Waals surface area contributed by atoms with E-state index in [1.807, 2.05) is 6.07 Å². The average molecular weight is 484 g/mol. The van der Waals surface area contributed by atoms with Crippen molar-refractivity contribution in [1.82, 2.24) is 9.62 Å². The minimum absolute atomic E-state index is 0.0421. The number of nitriles is 1. The molecule has 1 aliphatic rings. The molecule has 0 radical (unpaired) electrons. The second-order valence-corrected chi connectivity index (χ2v) is 9.92. The first-order chi connectivity index (χ1) is 14.8. The van der Waals surface area contributed by atoms with Crippen LogP contribution in [0, 0.1) is 11.3 Å². The van der Waals surface area contributed by atoms with Crippen LogP contribution in [-0.2, 0) is 10.0 Å². The monoisotopic (exact) mass is 483 g/mol. The minimum Gasteiger partial charge on any atom is -0.490 e. The zero-order valence-corrected chi connectivity index (χ0v) is 19.0. The van der Waals surface area contributed by atoms with Crippen LogP contribution < -0.4 is 9.46 Å². The first-order valence-electron chi connectivity index (χ1n) is 9.79. The third kappa shape index (κ3) is 6.81. The second-order valence-electron chi connectivity index (χ2n) is 7.34. The van der Waals surface area contributed by atoms with Crippen molar-refractivity contribution in [1.29, 1.82) is 5.26 Å². The van der Waals surface area contributed by atoms with Gasteiger partial charge in [-0.2, -0.15) is 5.26 Å². The predicted molar refractivity (Wildman–Crippen MR) is 119 cm³/mol. The number of sulfonamides is 1. The van der Waals surface area contributed by atoms with Crippen LogP contribution in [0.2, 0.25) is 10.0 Å². The molecule has 1 aliphatic heterocycles. The van der Waals surface area contributed by atoms with Crippen LogP contribution >= 0.6 is 23.2 Å². The molecule has 0 spiro atoms. The van der Waals surface area contributed by atoms with Crippen molar-refractivity contribution in [3.05, 3.63) is 58.1 Å². The standard InChI is InChI=1S/C21H23Cl2N3O4S/c22-20-6-3-18(11-21(20)23)30-17-7-9-26(10-8-17)14-16(27)13-25-31(28,29)19-4-1-15(12-24)2-5-19/h1-6,11,16-17,25,27H,7-10,13-14H2/t16-/m0/s1. The van der Waals surface area contributed by atoms with Gasteiger partial charge in [-0.1, -0.05) is 23.2 Å². The highest BCUT2D eigenvalue weighted by atomic mass is 35.5. The van der Waals surface area contributed by atoms with Crippen LogP contribution in [0.1, 0.15) is 18.4 Å². The number of hydrogen-bond donors (Lipinski definition) is 2. The molecule has 0 amide bonds. The number of aliphatic hydroxyl groups is 1. The molecule has 1 heterocycles. The molecule has 2 aromatic carbocycles. The number of rotatable bonds is 8. The van der Waals surface area contributed by atoms with Gasteiger partial charge in [-0.25, -0.2) is 13.1 Å². The summed E-state index contributed by atoms with van der Waals surface area (Å²) in [5.41, 5.74) is 0.380. The van der Waals surface area contributed by atoms with E-state index >= 15 is 0 Å². The van der Waals surface area contributed by atoms with E-state index in [0.717, 1.165) is 25.9 Å². The number of halogens is 2. The summed E-state index contributed by atoms with van der Waals surface area (Å²) in [4.78, 5) is 2.13. The van der Waals surface area contributed by atoms with Crippen molar-refractivity contribution >= 4 is 33.2 Å². The van der Waals surface area contributed by atoms with Crippen molar-refractivity contribution < 1.29 is 18.3 Å². The van der Waals surface area contributed by atoms with Gasteiger partial charge < -0.3 is 14.7 Å². The molecule has 0 saturated carbocycles. The first kappa shape index (κ1) is 23.8. The molecule has 2 aromatic rings. The largest absolute Gasteiger partial charge is 0.490 e. The zero-order chi connectivity index (χ0) is 22.4. The van der Waals surface area contributed by atoms with Crippen molar-refractivity contribution in [2.75, 3.05) is 26.2 Å². The van der Waals surface area contributed by atoms with Gasteiger partial charge in [-0.05, 0) is 49.2 Å². The van der Waals surface area contributed by atoms with Gasteiger partial charge in [0, 0.05) is 32.2 Å². The lowest BCUT2D eigenvalue weighted by Gasteiger charge is -2.33. The number of aliphatic hydroxyl groups excluding tert-OH is 1. The third-order valence-electron chi connectivity index (χ3n) is 5.00. The molecule has 2 N–H and O–H groups in total. The number of piperidine rings is 1. The Balaban J connectivity index is 1.42. The van der Waals surface area contributed by atoms with Crippen LogP contribution in [0.4, 0.5) is 0 Å². The molecule has 0 unspecified atom stereocenters. The molecule has 0 aromatic heterocycles. The summed E-state index contributed by atoms with van der Waals surface area (Å²) >= 11 is 11.9. The molecule has 3 rings (SSSR count). The van der Waals surface area contributed by atoms with Crippen molar-refractivity contribution in [2.24, 2.45) is 0 Å². The molecular formula is C21H23Cl2N3O4S. The summed E-state index contributed by atoms with van der Waals surface area (Å²) in [6.07, 6.45) is 0.759. The van der Waals surface area contributed by atoms with Crippen LogP contribution in [0.15, 0.2) is 47.4 Å². The van der Waals surface area contributed by atoms with Crippen LogP contribution in [0.25, 0.3) is 0 Å². The fourth-order valence-electron chi connectivity index (χ4n) is 3.31. The molecule has 1 saturated heterocycles. The fraction of sp³-hybridized carbons (Fsp3) is 0.381. The first-order valence-corrected chi connectivity index (χ1v) is 12.0. The lowest BCUT2D eigenvalue weighted by atomic mass is 10.1. The van der Waals surface area contributed by atoms with Crippen LogP contribution in [0.3, 0.4) is 0 Å². The van der Waals surface area contributed by atoms with Gasteiger partial charge in [0.15, 0.2) is 0 Å². The number of ether oxygens (including phenoxy) is 1. The maximum Gasteiger partial charge on any atom is 0.240 e. The maximum atomic E-state index is 12.3. The number of benzene rings is 2. The Morgan fingerprint density at radius 3 is 2.45 bits per heavy atom. The molecule has 7 nitrogen and oxygen atoms in total. The smallest absolute Gasteiger partial charge is 0.240 e. The van der Waals surface area contributed by atoms with Crippen molar-refractivity contribution in [3.8, 4) is 11.8 Å². The Morgan fingerprint density at radius 1 is 1.16 bits per heavy atom. The van der Waals surface area contributed by atoms with Gasteiger partial charge in [0.05, 0.1) is 32.7 Å². The van der Waals surface area contributed by atoms with E-state index in [2.05, 4.69) is 9.62 Å². The molecule has 1 atom stereocenters. The molecule has 10 heteroatoms. The van der Waals surface area contributed by atoms with Gasteiger partial charge in [0.25, 0.3) is 0 Å². The molecule has 0 aliphatic carbocycles. The minimum atomic E-state index is -3.75. The van der Waals surface area contributed by atoms with E-state index in [1.54, 1.807) is 18.2 Å². The van der Waals surface area contributed by atoms with Crippen molar-refractivity contribution in [2.45, 2.75) is 29.9 Å². The lowest BCUT2D eigenvalue weighted by molar-refractivity contribution is 0.0630. The number of nitrogens with one attached hydrogen (secondary N) is 1. The highest BCUT2D eigenvalue weighted by molar-refractivity contribution is 7.89. The molecule has 166 valence electrons. The molecular weight excluding hydrogens is 461 g/mol. The Hall–Kier alpha value is -1.86. The Labute approximate surface area is 192 Å². The van der Waals surface area contributed by atoms with E-state index in [4.69, 9.17) is 33.2 Å². The fourth-order valence-corrected chi connectivity index (χ4v) is 4.67. The predicted octanol–water partition coefficient (Wildman–Crippen LogP) is 3.05. The zero-order valence-electron chi connectivity index (χ0n) is 16.7. The average Bonchev–Trinajstić information content (AvgIpc) is 2.76. The van der Waals surface area contributed by atoms with Crippen LogP contribution in [-0.4, -0.2) is 56.8 Å². The molecule has 1 fully saturated rings. The quantitative estimate of drug-likeness (QED) is 0.597. The van der Waals surface area contributed by atoms with E-state index in [0.29, 0.717) is 27.9 Å². The number of likely N-dealkylation sites (tertiary alicyclic amines) is 1. The van der Waals surface area contributed by atoms with E-state index in [9.17, 15) is 13.5 Å². The Bertz CT molecular complexity index is 1030. The van der Waals surface area contributed by atoms with Gasteiger partial charge in [-0.15, -0.1) is 0 Å². The maximum absolute atomic E-state index is 12.3. The summed E-state index contributed by atoms with van der Waals surface area (Å²) in [7, 11) is -3.75. The second kappa shape index (κ2) is 10.6. The number of hydrogen-bond acceptors (Lipinski definition) is 6. The summed E-state index contributed by atoms with van der Waals surface area (Å²) in [5.74, 6) is 0.671. The Kier molecular flexibility index (Phi) is 8.17. The van der Waals surface area contributed by atoms with Gasteiger partial charge in [0.1, 0.15) is 11.9 Å². The summed E-state index contributed by atoms with van der Waals surface area (Å²) in [5, 5.41) is 20.0. The van der Waals surface area contributed by atoms with Gasteiger partial charge >= 0.3 is 0 Å². The van der Waals surface area contributed by atoms with Gasteiger partial charge in [-0.3, -0.25) is 0 Å². The third-order valence-corrected chi connectivity index (χ3v) is 7.18. The highest BCUT2D eigenvalue weighted by Crippen LogP contribution is 2.28. The summed E-state index contributed by atoms with van der Waals surface area (Å²) in [6.45, 7) is 1.72. The lowest BCUT2D eigenvalue weighted by Crippen LogP contribution is -2.45. The normalized spacial score (nSPS) is 16.6. The number of nitrogens with zero attached hydrogens (tertiary/aromatic N) is 2. The summed E-state index contributed by atoms with van der Waals surface area (Å²) in [6, 6.07) is 12.7. The number of β-amino-alcohol motifs (C(OH)–C–C–N with tert-alkyl or cyclic N) is 1. The SMILES string of the molecule is N#Cc1ccc(S(=O)(=O)NC[C@H](O)CN2CCC(Oc3ccc(Cl)c(Cl)c3)CC2)cc1. The van der Waals surface area contributed by atoms with E-state index in [1.165, 1.54) is 24.3 Å². The van der Waals surface area contributed by atoms with Crippen molar-refractivity contribution in [3.63, 3.8) is 0 Å². The summed E-state index contributed by atoms with van der Waals surface area (Å²) < 4.78 is 33.1. The molecule has 31 heavy (non-hydrogen) atoms. The Morgan fingerprint density at radius 2 is 1.84 bits per heavy atom. The molecule has 0 bridgehead atoms. The van der Waals surface area contributed by atoms with E-state index in [-0.39, 0.29) is 17.5 Å². The van der Waals surface area contributed by atoms with E-state index < -0.39 is 16.1 Å². The van der Waals surface area contributed by atoms with Crippen LogP contribution in [0.5, 0.6) is 5.75 Å². The van der Waals surface area contributed by atoms with Gasteiger partial charge in [0.2, 0.25) is 10.0 Å². The highest BCUT2D eigenvalue weighted by Gasteiger charge is 2.23. The topological polar surface area (TPSA) is 103 Å².